The van der Waals surface area contributed by atoms with Crippen LogP contribution >= 0.6 is 11.6 Å². The molecule has 2 heterocycles. The van der Waals surface area contributed by atoms with Crippen LogP contribution in [0.1, 0.15) is 17.0 Å². The molecule has 2 aromatic heterocycles. The molecule has 3 aromatic rings. The molecule has 132 valence electrons. The number of hydrogen-bond donors (Lipinski definition) is 0. The van der Waals surface area contributed by atoms with E-state index in [1.165, 1.54) is 36.9 Å². The van der Waals surface area contributed by atoms with E-state index >= 15 is 0 Å². The highest BCUT2D eigenvalue weighted by atomic mass is 35.5. The molecule has 0 fully saturated rings. The Bertz CT molecular complexity index is 1040. The lowest BCUT2D eigenvalue weighted by Crippen LogP contribution is -2.07. The van der Waals surface area contributed by atoms with Gasteiger partial charge in [-0.3, -0.25) is 9.97 Å². The molecule has 0 amide bonds. The predicted molar refractivity (Wildman–Crippen MR) is 95.3 cm³/mol. The number of hydrogen-bond acceptors (Lipinski definition) is 6. The zero-order valence-electron chi connectivity index (χ0n) is 13.3. The molecule has 0 spiro atoms. The van der Waals surface area contributed by atoms with Gasteiger partial charge in [-0.1, -0.05) is 23.7 Å². The zero-order chi connectivity index (χ0) is 18.6. The van der Waals surface area contributed by atoms with Gasteiger partial charge in [-0.2, -0.15) is 4.39 Å². The van der Waals surface area contributed by atoms with Crippen molar-refractivity contribution in [1.29, 1.82) is 0 Å². The first-order valence-electron chi connectivity index (χ1n) is 7.38. The van der Waals surface area contributed by atoms with Crippen LogP contribution in [0.25, 0.3) is 12.2 Å². The number of halogens is 2. The van der Waals surface area contributed by atoms with Gasteiger partial charge in [0.15, 0.2) is 9.84 Å². The van der Waals surface area contributed by atoms with Gasteiger partial charge >= 0.3 is 6.08 Å². The molecule has 1 aromatic carbocycles. The summed E-state index contributed by atoms with van der Waals surface area (Å²) in [6.07, 6.45) is 7.96. The third kappa shape index (κ3) is 4.47. The van der Waals surface area contributed by atoms with Crippen molar-refractivity contribution in [3.63, 3.8) is 0 Å². The zero-order valence-corrected chi connectivity index (χ0v) is 14.8. The van der Waals surface area contributed by atoms with E-state index in [4.69, 9.17) is 11.6 Å². The third-order valence-electron chi connectivity index (χ3n) is 3.32. The van der Waals surface area contributed by atoms with Crippen LogP contribution in [0.3, 0.4) is 0 Å². The van der Waals surface area contributed by atoms with Crippen LogP contribution in [0, 0.1) is 6.08 Å². The van der Waals surface area contributed by atoms with Gasteiger partial charge in [0, 0.05) is 18.0 Å². The fourth-order valence-corrected chi connectivity index (χ4v) is 3.92. The summed E-state index contributed by atoms with van der Waals surface area (Å²) in [5.74, 6) is -0.306. The van der Waals surface area contributed by atoms with Crippen LogP contribution in [-0.2, 0) is 15.6 Å². The van der Waals surface area contributed by atoms with E-state index in [0.717, 1.165) is 0 Å². The molecule has 0 bridgehead atoms. The van der Waals surface area contributed by atoms with Gasteiger partial charge in [-0.25, -0.2) is 18.4 Å². The van der Waals surface area contributed by atoms with Crippen molar-refractivity contribution in [2.45, 2.75) is 10.6 Å². The van der Waals surface area contributed by atoms with Crippen LogP contribution in [0.2, 0.25) is 5.02 Å². The normalized spacial score (nSPS) is 11.8. The smallest absolute Gasteiger partial charge is 0.256 e. The van der Waals surface area contributed by atoms with Crippen molar-refractivity contribution in [3.05, 3.63) is 77.1 Å². The summed E-state index contributed by atoms with van der Waals surface area (Å²) in [4.78, 5) is 15.2. The standard InChI is InChI=1S/C17H12ClFN4O2S/c18-15-3-1-2-4-16(15)26(24,25)11-14-10-20-13(9-21-14)6-5-12-7-22-17(19)23-8-12/h1-10H,11H2/b6-5+. The summed E-state index contributed by atoms with van der Waals surface area (Å²) in [5.41, 5.74) is 1.40. The van der Waals surface area contributed by atoms with E-state index in [2.05, 4.69) is 19.9 Å². The Labute approximate surface area is 154 Å². The van der Waals surface area contributed by atoms with Gasteiger partial charge < -0.3 is 0 Å². The van der Waals surface area contributed by atoms with Gasteiger partial charge in [0.1, 0.15) is 0 Å². The molecule has 0 saturated heterocycles. The number of sulfone groups is 1. The van der Waals surface area contributed by atoms with E-state index in [1.54, 1.807) is 24.3 Å². The first-order chi connectivity index (χ1) is 12.4. The van der Waals surface area contributed by atoms with E-state index in [9.17, 15) is 12.8 Å². The summed E-state index contributed by atoms with van der Waals surface area (Å²) in [6.45, 7) is 0. The lowest BCUT2D eigenvalue weighted by Gasteiger charge is -2.06. The summed E-state index contributed by atoms with van der Waals surface area (Å²) in [5, 5.41) is 0.168. The van der Waals surface area contributed by atoms with Crippen LogP contribution in [0.4, 0.5) is 4.39 Å². The second-order valence-corrected chi connectivity index (χ2v) is 7.61. The first-order valence-corrected chi connectivity index (χ1v) is 9.41. The Kier molecular flexibility index (Phi) is 5.34. The molecule has 0 N–H and O–H groups in total. The van der Waals surface area contributed by atoms with Crippen LogP contribution in [-0.4, -0.2) is 28.4 Å². The maximum absolute atomic E-state index is 12.7. The molecule has 0 atom stereocenters. The molecule has 0 aliphatic carbocycles. The van der Waals surface area contributed by atoms with E-state index in [1.807, 2.05) is 0 Å². The van der Waals surface area contributed by atoms with Crippen LogP contribution in [0.5, 0.6) is 0 Å². The van der Waals surface area contributed by atoms with Crippen molar-refractivity contribution in [2.24, 2.45) is 0 Å². The minimum atomic E-state index is -3.62. The molecule has 0 saturated carbocycles. The average molecular weight is 391 g/mol. The average Bonchev–Trinajstić information content (AvgIpc) is 2.62. The fraction of sp³-hybridized carbons (Fsp3) is 0.0588. The lowest BCUT2D eigenvalue weighted by atomic mass is 10.3. The monoisotopic (exact) mass is 390 g/mol. The first kappa shape index (κ1) is 18.1. The van der Waals surface area contributed by atoms with Gasteiger partial charge in [0.25, 0.3) is 0 Å². The molecule has 0 aliphatic heterocycles. The summed E-state index contributed by atoms with van der Waals surface area (Å²) < 4.78 is 37.5. The quantitative estimate of drug-likeness (QED) is 0.622. The highest BCUT2D eigenvalue weighted by Gasteiger charge is 2.19. The maximum Gasteiger partial charge on any atom is 0.308 e. The Morgan fingerprint density at radius 3 is 2.35 bits per heavy atom. The SMILES string of the molecule is O=S(=O)(Cc1cnc(/C=C/c2cnc(F)nc2)cn1)c1ccccc1Cl. The number of aromatic nitrogens is 4. The fourth-order valence-electron chi connectivity index (χ4n) is 2.08. The topological polar surface area (TPSA) is 85.7 Å². The summed E-state index contributed by atoms with van der Waals surface area (Å²) in [6, 6.07) is 6.24. The minimum absolute atomic E-state index is 0.0590. The Balaban J connectivity index is 1.73. The van der Waals surface area contributed by atoms with Crippen molar-refractivity contribution >= 4 is 33.6 Å². The molecule has 3 rings (SSSR count). The predicted octanol–water partition coefficient (Wildman–Crippen LogP) is 3.20. The Morgan fingerprint density at radius 1 is 0.962 bits per heavy atom. The molecule has 0 aliphatic rings. The number of rotatable bonds is 5. The number of benzene rings is 1. The number of nitrogens with zero attached hydrogens (tertiary/aromatic N) is 4. The molecule has 6 nitrogen and oxygen atoms in total. The molecule has 9 heteroatoms. The van der Waals surface area contributed by atoms with Gasteiger partial charge in [-0.15, -0.1) is 0 Å². The molecular formula is C17H12ClFN4O2S. The maximum atomic E-state index is 12.7. The Hall–Kier alpha value is -2.71. The van der Waals surface area contributed by atoms with Crippen molar-refractivity contribution in [1.82, 2.24) is 19.9 Å². The molecular weight excluding hydrogens is 379 g/mol. The van der Waals surface area contributed by atoms with Crippen LogP contribution < -0.4 is 0 Å². The van der Waals surface area contributed by atoms with Crippen LogP contribution in [0.15, 0.2) is 53.9 Å². The molecule has 26 heavy (non-hydrogen) atoms. The largest absolute Gasteiger partial charge is 0.308 e. The second-order valence-electron chi connectivity index (χ2n) is 5.24. The van der Waals surface area contributed by atoms with Crippen molar-refractivity contribution in [3.8, 4) is 0 Å². The van der Waals surface area contributed by atoms with E-state index in [-0.39, 0.29) is 15.7 Å². The lowest BCUT2D eigenvalue weighted by molar-refractivity contribution is 0.538. The van der Waals surface area contributed by atoms with Crippen molar-refractivity contribution < 1.29 is 12.8 Å². The molecule has 0 unspecified atom stereocenters. The van der Waals surface area contributed by atoms with Crippen molar-refractivity contribution in [2.75, 3.05) is 0 Å². The highest BCUT2D eigenvalue weighted by molar-refractivity contribution is 7.90. The second kappa shape index (κ2) is 7.67. The van der Waals surface area contributed by atoms with Gasteiger partial charge in [0.05, 0.1) is 39.5 Å². The Morgan fingerprint density at radius 2 is 1.69 bits per heavy atom. The van der Waals surface area contributed by atoms with Gasteiger partial charge in [-0.05, 0) is 24.3 Å². The van der Waals surface area contributed by atoms with Gasteiger partial charge in [0.2, 0.25) is 0 Å². The van der Waals surface area contributed by atoms with E-state index < -0.39 is 15.9 Å². The highest BCUT2D eigenvalue weighted by Crippen LogP contribution is 2.23. The minimum Gasteiger partial charge on any atom is -0.256 e. The third-order valence-corrected chi connectivity index (χ3v) is 5.47. The summed E-state index contributed by atoms with van der Waals surface area (Å²) >= 11 is 5.95. The van der Waals surface area contributed by atoms with E-state index in [0.29, 0.717) is 17.0 Å². The molecule has 0 radical (unpaired) electrons. The summed E-state index contributed by atoms with van der Waals surface area (Å²) in [7, 11) is -3.62.